The first-order chi connectivity index (χ1) is 24.8. The number of rotatable bonds is 10. The van der Waals surface area contributed by atoms with Crippen LogP contribution in [0.15, 0.2) is 113 Å². The van der Waals surface area contributed by atoms with Crippen molar-refractivity contribution in [2.24, 2.45) is 5.92 Å². The highest BCUT2D eigenvalue weighted by Crippen LogP contribution is 2.30. The molecule has 0 spiro atoms. The maximum atomic E-state index is 14.7. The fourth-order valence-corrected chi connectivity index (χ4v) is 8.72. The highest BCUT2D eigenvalue weighted by atomic mass is 32.2. The van der Waals surface area contributed by atoms with Gasteiger partial charge < -0.3 is 14.5 Å². The third-order valence-electron chi connectivity index (χ3n) is 10.00. The Hall–Kier alpha value is -5.22. The minimum atomic E-state index is -4.42. The standard InChI is InChI=1S/C39H40N6O5S/c1-50-33-13-15-34(16-14-33)51(48,49)45-35-17-12-30(25-40)24-36(35)44(39(45)47)37(32-10-6-3-7-11-32)38(46)43-19-18-31(28-43)27-42-22-20-41(21-23-42)26-29-8-4-2-5-9-29/h2-17,24,31,37H,18-23,26-28H2,1H3/t31-,37?/m1/s1. The zero-order valence-electron chi connectivity index (χ0n) is 28.5. The van der Waals surface area contributed by atoms with E-state index in [1.54, 1.807) is 29.2 Å². The van der Waals surface area contributed by atoms with Crippen LogP contribution in [0.3, 0.4) is 0 Å². The number of carbonyl (C=O) groups is 1. The van der Waals surface area contributed by atoms with Crippen molar-refractivity contribution in [3.63, 3.8) is 0 Å². The summed E-state index contributed by atoms with van der Waals surface area (Å²) in [4.78, 5) is 35.8. The number of fused-ring (bicyclic) bond motifs is 1. The van der Waals surface area contributed by atoms with Gasteiger partial charge >= 0.3 is 5.69 Å². The van der Waals surface area contributed by atoms with Crippen molar-refractivity contribution >= 4 is 27.0 Å². The second-order valence-corrected chi connectivity index (χ2v) is 15.0. The van der Waals surface area contributed by atoms with Crippen LogP contribution in [-0.2, 0) is 21.4 Å². The Morgan fingerprint density at radius 2 is 1.53 bits per heavy atom. The monoisotopic (exact) mass is 704 g/mol. The van der Waals surface area contributed by atoms with Crippen molar-refractivity contribution < 1.29 is 17.9 Å². The van der Waals surface area contributed by atoms with Crippen molar-refractivity contribution in [2.75, 3.05) is 52.9 Å². The normalized spacial score (nSPS) is 17.7. The number of amides is 1. The van der Waals surface area contributed by atoms with E-state index in [0.29, 0.717) is 24.4 Å². The molecule has 0 radical (unpaired) electrons. The van der Waals surface area contributed by atoms with Crippen LogP contribution >= 0.6 is 0 Å². The Morgan fingerprint density at radius 1 is 0.863 bits per heavy atom. The Morgan fingerprint density at radius 3 is 2.20 bits per heavy atom. The Bertz CT molecular complexity index is 2220. The highest BCUT2D eigenvalue weighted by molar-refractivity contribution is 7.90. The molecule has 0 saturated carbocycles. The van der Waals surface area contributed by atoms with Crippen LogP contribution in [-0.4, -0.2) is 90.5 Å². The molecule has 0 N–H and O–H groups in total. The minimum Gasteiger partial charge on any atom is -0.497 e. The molecule has 12 heteroatoms. The highest BCUT2D eigenvalue weighted by Gasteiger charge is 2.37. The largest absolute Gasteiger partial charge is 0.497 e. The Balaban J connectivity index is 1.17. The summed E-state index contributed by atoms with van der Waals surface area (Å²) in [5, 5.41) is 9.78. The summed E-state index contributed by atoms with van der Waals surface area (Å²) >= 11 is 0. The predicted octanol–water partition coefficient (Wildman–Crippen LogP) is 4.18. The van der Waals surface area contributed by atoms with Gasteiger partial charge in [0, 0.05) is 52.4 Å². The molecule has 5 aromatic rings. The van der Waals surface area contributed by atoms with Gasteiger partial charge in [-0.1, -0.05) is 60.7 Å². The molecule has 3 heterocycles. The van der Waals surface area contributed by atoms with Gasteiger partial charge in [-0.2, -0.15) is 9.23 Å². The molecule has 7 rings (SSSR count). The van der Waals surface area contributed by atoms with Gasteiger partial charge in [0.05, 0.1) is 34.7 Å². The molecule has 2 fully saturated rings. The van der Waals surface area contributed by atoms with E-state index in [1.165, 1.54) is 59.7 Å². The van der Waals surface area contributed by atoms with E-state index in [-0.39, 0.29) is 33.3 Å². The lowest BCUT2D eigenvalue weighted by molar-refractivity contribution is -0.132. The molecule has 1 amide bonds. The van der Waals surface area contributed by atoms with Crippen LogP contribution in [0.1, 0.15) is 29.2 Å². The van der Waals surface area contributed by atoms with E-state index < -0.39 is 21.8 Å². The number of aromatic nitrogens is 2. The maximum Gasteiger partial charge on any atom is 0.344 e. The first kappa shape index (κ1) is 34.2. The molecular weight excluding hydrogens is 665 g/mol. The van der Waals surface area contributed by atoms with Crippen molar-refractivity contribution in [1.82, 2.24) is 23.2 Å². The van der Waals surface area contributed by atoms with Gasteiger partial charge in [-0.15, -0.1) is 0 Å². The quantitative estimate of drug-likeness (QED) is 0.213. The number of ether oxygens (including phenoxy) is 1. The maximum absolute atomic E-state index is 14.7. The molecular formula is C39H40N6O5S. The van der Waals surface area contributed by atoms with Crippen LogP contribution in [0.5, 0.6) is 5.75 Å². The third kappa shape index (κ3) is 6.93. The molecule has 262 valence electrons. The van der Waals surface area contributed by atoms with Gasteiger partial charge in [0.25, 0.3) is 10.0 Å². The predicted molar refractivity (Wildman–Crippen MR) is 194 cm³/mol. The number of imidazole rings is 1. The summed E-state index contributed by atoms with van der Waals surface area (Å²) in [6.07, 6.45) is 0.832. The van der Waals surface area contributed by atoms with Gasteiger partial charge in [0.1, 0.15) is 11.8 Å². The number of hydrogen-bond acceptors (Lipinski definition) is 8. The average molecular weight is 705 g/mol. The lowest BCUT2D eigenvalue weighted by Gasteiger charge is -2.36. The van der Waals surface area contributed by atoms with Gasteiger partial charge in [0.15, 0.2) is 0 Å². The van der Waals surface area contributed by atoms with Crippen LogP contribution in [0, 0.1) is 17.2 Å². The molecule has 2 saturated heterocycles. The van der Waals surface area contributed by atoms with E-state index in [1.807, 2.05) is 12.1 Å². The molecule has 2 aliphatic rings. The number of likely N-dealkylation sites (tertiary alicyclic amines) is 1. The number of hydrogen-bond donors (Lipinski definition) is 0. The average Bonchev–Trinajstić information content (AvgIpc) is 3.75. The molecule has 1 aromatic heterocycles. The van der Waals surface area contributed by atoms with Crippen molar-refractivity contribution in [3.8, 4) is 11.8 Å². The van der Waals surface area contributed by atoms with Crippen LogP contribution in [0.25, 0.3) is 11.0 Å². The number of methoxy groups -OCH3 is 1. The van der Waals surface area contributed by atoms with Crippen molar-refractivity contribution in [2.45, 2.75) is 23.9 Å². The lowest BCUT2D eigenvalue weighted by atomic mass is 10.0. The molecule has 0 bridgehead atoms. The second kappa shape index (κ2) is 14.6. The summed E-state index contributed by atoms with van der Waals surface area (Å²) in [6, 6.07) is 30.6. The van der Waals surface area contributed by atoms with E-state index in [0.717, 1.165) is 49.7 Å². The fraction of sp³-hybridized carbons (Fsp3) is 0.308. The van der Waals surface area contributed by atoms with Gasteiger partial charge in [-0.05, 0) is 65.9 Å². The summed E-state index contributed by atoms with van der Waals surface area (Å²) < 4.78 is 35.4. The molecule has 1 unspecified atom stereocenters. The number of nitrogens with zero attached hydrogens (tertiary/aromatic N) is 6. The summed E-state index contributed by atoms with van der Waals surface area (Å²) in [5.41, 5.74) is 1.47. The van der Waals surface area contributed by atoms with E-state index >= 15 is 0 Å². The Kier molecular flexibility index (Phi) is 9.77. The number of benzene rings is 4. The number of piperazine rings is 1. The second-order valence-electron chi connectivity index (χ2n) is 13.2. The molecule has 2 aliphatic heterocycles. The molecule has 51 heavy (non-hydrogen) atoms. The third-order valence-corrected chi connectivity index (χ3v) is 11.7. The molecule has 4 aromatic carbocycles. The van der Waals surface area contributed by atoms with Crippen LogP contribution in [0.2, 0.25) is 0 Å². The number of carbonyl (C=O) groups excluding carboxylic acids is 1. The molecule has 2 atom stereocenters. The molecule has 0 aliphatic carbocycles. The molecule has 11 nitrogen and oxygen atoms in total. The lowest BCUT2D eigenvalue weighted by Crippen LogP contribution is -2.47. The van der Waals surface area contributed by atoms with Gasteiger partial charge in [0.2, 0.25) is 5.91 Å². The SMILES string of the molecule is COc1ccc(S(=O)(=O)n2c(=O)n(C(C(=O)N3CC[C@H](CN4CCN(Cc5ccccc5)CC4)C3)c3ccccc3)c3cc(C#N)ccc32)cc1. The Labute approximate surface area is 297 Å². The minimum absolute atomic E-state index is 0.0780. The van der Waals surface area contributed by atoms with Crippen LogP contribution < -0.4 is 10.4 Å². The van der Waals surface area contributed by atoms with Crippen molar-refractivity contribution in [3.05, 3.63) is 130 Å². The first-order valence-corrected chi connectivity index (χ1v) is 18.6. The summed E-state index contributed by atoms with van der Waals surface area (Å²) in [6.45, 7) is 6.77. The van der Waals surface area contributed by atoms with E-state index in [9.17, 15) is 23.3 Å². The van der Waals surface area contributed by atoms with Crippen molar-refractivity contribution in [1.29, 1.82) is 5.26 Å². The van der Waals surface area contributed by atoms with E-state index in [2.05, 4.69) is 40.1 Å². The fourth-order valence-electron chi connectivity index (χ4n) is 7.33. The first-order valence-electron chi connectivity index (χ1n) is 17.2. The van der Waals surface area contributed by atoms with Gasteiger partial charge in [-0.3, -0.25) is 14.3 Å². The zero-order chi connectivity index (χ0) is 35.5. The topological polar surface area (TPSA) is 121 Å². The van der Waals surface area contributed by atoms with Crippen LogP contribution in [0.4, 0.5) is 0 Å². The van der Waals surface area contributed by atoms with E-state index in [4.69, 9.17) is 4.74 Å². The van der Waals surface area contributed by atoms with Gasteiger partial charge in [-0.25, -0.2) is 13.2 Å². The smallest absolute Gasteiger partial charge is 0.344 e. The zero-order valence-corrected chi connectivity index (χ0v) is 29.3. The number of nitriles is 1. The summed E-state index contributed by atoms with van der Waals surface area (Å²) in [7, 11) is -2.94. The summed E-state index contributed by atoms with van der Waals surface area (Å²) in [5.74, 6) is 0.442.